The van der Waals surface area contributed by atoms with E-state index in [9.17, 15) is 13.2 Å². The summed E-state index contributed by atoms with van der Waals surface area (Å²) in [6.45, 7) is 0. The fourth-order valence-corrected chi connectivity index (χ4v) is 3.07. The minimum absolute atomic E-state index is 0.100. The van der Waals surface area contributed by atoms with Gasteiger partial charge in [0.1, 0.15) is 0 Å². The van der Waals surface area contributed by atoms with E-state index in [1.54, 1.807) is 42.5 Å². The molecule has 8 heteroatoms. The third-order valence-electron chi connectivity index (χ3n) is 4.47. The predicted molar refractivity (Wildman–Crippen MR) is 102 cm³/mol. The quantitative estimate of drug-likeness (QED) is 0.479. The third kappa shape index (κ3) is 3.49. The molecule has 0 spiro atoms. The second kappa shape index (κ2) is 7.12. The third-order valence-corrected chi connectivity index (χ3v) is 4.47. The Bertz CT molecular complexity index is 1170. The SMILES string of the molecule is COc1ccc(-c2cc(C(F)(F)F)n3nc(-c4ccccc4)cc3n2)cc1OC. The van der Waals surface area contributed by atoms with Crippen LogP contribution in [-0.2, 0) is 6.18 Å². The molecule has 0 atom stereocenters. The number of methoxy groups -OCH3 is 2. The van der Waals surface area contributed by atoms with Crippen LogP contribution in [-0.4, -0.2) is 28.8 Å². The molecule has 0 N–H and O–H groups in total. The van der Waals surface area contributed by atoms with Crippen LogP contribution >= 0.6 is 0 Å². The first-order valence-corrected chi connectivity index (χ1v) is 8.66. The first-order valence-electron chi connectivity index (χ1n) is 8.66. The highest BCUT2D eigenvalue weighted by molar-refractivity contribution is 5.69. The molecule has 0 unspecified atom stereocenters. The number of benzene rings is 2. The largest absolute Gasteiger partial charge is 0.493 e. The number of aromatic nitrogens is 3. The summed E-state index contributed by atoms with van der Waals surface area (Å²) < 4.78 is 52.5. The van der Waals surface area contributed by atoms with Crippen LogP contribution in [0.5, 0.6) is 11.5 Å². The molecule has 29 heavy (non-hydrogen) atoms. The summed E-state index contributed by atoms with van der Waals surface area (Å²) in [5.74, 6) is 0.878. The Hall–Kier alpha value is -3.55. The van der Waals surface area contributed by atoms with Crippen LogP contribution in [0.3, 0.4) is 0 Å². The molecule has 2 aromatic carbocycles. The van der Waals surface area contributed by atoms with E-state index in [2.05, 4.69) is 10.1 Å². The zero-order valence-corrected chi connectivity index (χ0v) is 15.6. The molecule has 0 saturated heterocycles. The van der Waals surface area contributed by atoms with E-state index in [0.717, 1.165) is 10.6 Å². The summed E-state index contributed by atoms with van der Waals surface area (Å²) in [7, 11) is 2.95. The van der Waals surface area contributed by atoms with Crippen molar-refractivity contribution in [2.75, 3.05) is 14.2 Å². The van der Waals surface area contributed by atoms with E-state index in [0.29, 0.717) is 28.3 Å². The molecular formula is C21H16F3N3O2. The van der Waals surface area contributed by atoms with Gasteiger partial charge in [0.2, 0.25) is 0 Å². The maximum absolute atomic E-state index is 13.8. The summed E-state index contributed by atoms with van der Waals surface area (Å²) in [6.07, 6.45) is -4.60. The van der Waals surface area contributed by atoms with Crippen molar-refractivity contribution >= 4 is 5.65 Å². The van der Waals surface area contributed by atoms with Crippen molar-refractivity contribution in [3.05, 3.63) is 66.4 Å². The topological polar surface area (TPSA) is 48.7 Å². The standard InChI is InChI=1S/C21H16F3N3O2/c1-28-17-9-8-14(10-18(17)29-2)15-11-19(21(22,23)24)27-20(25-15)12-16(26-27)13-6-4-3-5-7-13/h3-12H,1-2H3. The minimum atomic E-state index is -4.60. The lowest BCUT2D eigenvalue weighted by atomic mass is 10.1. The Morgan fingerprint density at radius 1 is 0.793 bits per heavy atom. The van der Waals surface area contributed by atoms with Crippen molar-refractivity contribution in [3.8, 4) is 34.0 Å². The van der Waals surface area contributed by atoms with Crippen LogP contribution in [0.1, 0.15) is 5.69 Å². The van der Waals surface area contributed by atoms with Gasteiger partial charge in [0.05, 0.1) is 25.6 Å². The van der Waals surface area contributed by atoms with Crippen LogP contribution in [0, 0.1) is 0 Å². The number of alkyl halides is 3. The van der Waals surface area contributed by atoms with Gasteiger partial charge < -0.3 is 9.47 Å². The number of ether oxygens (including phenoxy) is 2. The van der Waals surface area contributed by atoms with E-state index in [1.165, 1.54) is 20.3 Å². The average molecular weight is 399 g/mol. The van der Waals surface area contributed by atoms with Crippen LogP contribution < -0.4 is 9.47 Å². The number of nitrogens with zero attached hydrogens (tertiary/aromatic N) is 3. The van der Waals surface area contributed by atoms with Gasteiger partial charge in [-0.05, 0) is 24.3 Å². The maximum Gasteiger partial charge on any atom is 0.433 e. The van der Waals surface area contributed by atoms with Crippen molar-refractivity contribution < 1.29 is 22.6 Å². The maximum atomic E-state index is 13.8. The molecular weight excluding hydrogens is 383 g/mol. The molecule has 0 fully saturated rings. The predicted octanol–water partition coefficient (Wildman–Crippen LogP) is 5.10. The van der Waals surface area contributed by atoms with E-state index in [-0.39, 0.29) is 11.3 Å². The molecule has 0 amide bonds. The highest BCUT2D eigenvalue weighted by Crippen LogP contribution is 2.36. The number of rotatable bonds is 4. The van der Waals surface area contributed by atoms with E-state index in [4.69, 9.17) is 9.47 Å². The van der Waals surface area contributed by atoms with Crippen LogP contribution in [0.15, 0.2) is 60.7 Å². The normalized spacial score (nSPS) is 11.6. The van der Waals surface area contributed by atoms with Gasteiger partial charge in [0.25, 0.3) is 0 Å². The summed E-state index contributed by atoms with van der Waals surface area (Å²) in [6, 6.07) is 16.4. The Morgan fingerprint density at radius 2 is 1.52 bits per heavy atom. The molecule has 0 aliphatic heterocycles. The second-order valence-corrected chi connectivity index (χ2v) is 6.26. The first-order chi connectivity index (χ1) is 13.9. The smallest absolute Gasteiger partial charge is 0.433 e. The molecule has 0 bridgehead atoms. The van der Waals surface area contributed by atoms with Gasteiger partial charge in [0.15, 0.2) is 22.8 Å². The van der Waals surface area contributed by atoms with Gasteiger partial charge in [0, 0.05) is 17.2 Å². The Kier molecular flexibility index (Phi) is 4.62. The Labute approximate surface area is 164 Å². The molecule has 0 saturated carbocycles. The lowest BCUT2D eigenvalue weighted by Gasteiger charge is -2.12. The minimum Gasteiger partial charge on any atom is -0.493 e. The lowest BCUT2D eigenvalue weighted by Crippen LogP contribution is -2.13. The summed E-state index contributed by atoms with van der Waals surface area (Å²) in [4.78, 5) is 4.40. The van der Waals surface area contributed by atoms with Crippen molar-refractivity contribution in [2.45, 2.75) is 6.18 Å². The average Bonchev–Trinajstić information content (AvgIpc) is 3.16. The first kappa shape index (κ1) is 18.8. The Balaban J connectivity index is 1.92. The summed E-state index contributed by atoms with van der Waals surface area (Å²) in [5.41, 5.74) is 0.938. The zero-order valence-electron chi connectivity index (χ0n) is 15.6. The molecule has 0 aliphatic rings. The van der Waals surface area contributed by atoms with Crippen LogP contribution in [0.4, 0.5) is 13.2 Å². The molecule has 148 valence electrons. The molecule has 0 radical (unpaired) electrons. The van der Waals surface area contributed by atoms with Gasteiger partial charge in [-0.1, -0.05) is 30.3 Å². The van der Waals surface area contributed by atoms with Crippen molar-refractivity contribution in [2.24, 2.45) is 0 Å². The number of halogens is 3. The fourth-order valence-electron chi connectivity index (χ4n) is 3.07. The van der Waals surface area contributed by atoms with Crippen molar-refractivity contribution in [1.29, 1.82) is 0 Å². The van der Waals surface area contributed by atoms with Crippen LogP contribution in [0.25, 0.3) is 28.2 Å². The van der Waals surface area contributed by atoms with Gasteiger partial charge in [-0.3, -0.25) is 0 Å². The second-order valence-electron chi connectivity index (χ2n) is 6.26. The van der Waals surface area contributed by atoms with Crippen molar-refractivity contribution in [1.82, 2.24) is 14.6 Å². The zero-order chi connectivity index (χ0) is 20.6. The summed E-state index contributed by atoms with van der Waals surface area (Å²) in [5, 5.41) is 4.13. The molecule has 4 rings (SSSR count). The van der Waals surface area contributed by atoms with E-state index in [1.807, 2.05) is 6.07 Å². The van der Waals surface area contributed by atoms with Crippen LogP contribution in [0.2, 0.25) is 0 Å². The van der Waals surface area contributed by atoms with Gasteiger partial charge >= 0.3 is 6.18 Å². The highest BCUT2D eigenvalue weighted by Gasteiger charge is 2.35. The van der Waals surface area contributed by atoms with Gasteiger partial charge in [-0.2, -0.15) is 18.3 Å². The molecule has 2 aromatic heterocycles. The number of hydrogen-bond acceptors (Lipinski definition) is 4. The highest BCUT2D eigenvalue weighted by atomic mass is 19.4. The van der Waals surface area contributed by atoms with Crippen molar-refractivity contribution in [3.63, 3.8) is 0 Å². The molecule has 5 nitrogen and oxygen atoms in total. The number of hydrogen-bond donors (Lipinski definition) is 0. The molecule has 4 aromatic rings. The van der Waals surface area contributed by atoms with Gasteiger partial charge in [-0.15, -0.1) is 0 Å². The van der Waals surface area contributed by atoms with Gasteiger partial charge in [-0.25, -0.2) is 9.50 Å². The molecule has 2 heterocycles. The fraction of sp³-hybridized carbons (Fsp3) is 0.143. The van der Waals surface area contributed by atoms with E-state index < -0.39 is 11.9 Å². The lowest BCUT2D eigenvalue weighted by molar-refractivity contribution is -0.142. The molecule has 0 aliphatic carbocycles. The monoisotopic (exact) mass is 399 g/mol. The van der Waals surface area contributed by atoms with E-state index >= 15 is 0 Å². The number of fused-ring (bicyclic) bond motifs is 1. The summed E-state index contributed by atoms with van der Waals surface area (Å²) >= 11 is 0. The Morgan fingerprint density at radius 3 is 2.17 bits per heavy atom.